The molecular formula is C12H16O3. The van der Waals surface area contributed by atoms with Crippen LogP contribution in [-0.2, 0) is 16.1 Å². The van der Waals surface area contributed by atoms with Crippen LogP contribution in [0.5, 0.6) is 0 Å². The zero-order valence-electron chi connectivity index (χ0n) is 9.01. The minimum absolute atomic E-state index is 0.275. The Balaban J connectivity index is 2.41. The summed E-state index contributed by atoms with van der Waals surface area (Å²) in [5.41, 5.74) is 1.06. The minimum Gasteiger partial charge on any atom is -0.481 e. The smallest absolute Gasteiger partial charge is 0.308 e. The van der Waals surface area contributed by atoms with Gasteiger partial charge in [-0.1, -0.05) is 30.3 Å². The number of ether oxygens (including phenoxy) is 1. The minimum atomic E-state index is -0.824. The lowest BCUT2D eigenvalue weighted by Crippen LogP contribution is -2.25. The van der Waals surface area contributed by atoms with Gasteiger partial charge in [0.05, 0.1) is 18.6 Å². The van der Waals surface area contributed by atoms with E-state index in [0.29, 0.717) is 6.61 Å². The maximum absolute atomic E-state index is 10.7. The quantitative estimate of drug-likeness (QED) is 0.807. The van der Waals surface area contributed by atoms with Gasteiger partial charge in [0.1, 0.15) is 0 Å². The van der Waals surface area contributed by atoms with Gasteiger partial charge in [0.15, 0.2) is 0 Å². The molecule has 82 valence electrons. The molecule has 0 saturated heterocycles. The third kappa shape index (κ3) is 3.72. The lowest BCUT2D eigenvalue weighted by molar-refractivity contribution is -0.146. The average Bonchev–Trinajstić information content (AvgIpc) is 2.26. The second kappa shape index (κ2) is 5.51. The first kappa shape index (κ1) is 11.7. The van der Waals surface area contributed by atoms with Crippen molar-refractivity contribution >= 4 is 5.97 Å². The lowest BCUT2D eigenvalue weighted by Gasteiger charge is -2.16. The summed E-state index contributed by atoms with van der Waals surface area (Å²) in [6, 6.07) is 9.72. The van der Waals surface area contributed by atoms with E-state index in [0.717, 1.165) is 5.56 Å². The predicted octanol–water partition coefficient (Wildman–Crippen LogP) is 2.31. The Morgan fingerprint density at radius 1 is 1.33 bits per heavy atom. The van der Waals surface area contributed by atoms with Gasteiger partial charge in [-0.05, 0) is 19.4 Å². The molecule has 0 bridgehead atoms. The van der Waals surface area contributed by atoms with Crippen LogP contribution in [0.4, 0.5) is 0 Å². The molecule has 0 saturated carbocycles. The fourth-order valence-corrected chi connectivity index (χ4v) is 1.15. The number of hydrogen-bond donors (Lipinski definition) is 1. The average molecular weight is 208 g/mol. The van der Waals surface area contributed by atoms with Gasteiger partial charge in [-0.25, -0.2) is 0 Å². The van der Waals surface area contributed by atoms with Gasteiger partial charge in [-0.15, -0.1) is 0 Å². The number of hydrogen-bond acceptors (Lipinski definition) is 2. The van der Waals surface area contributed by atoms with Crippen molar-refractivity contribution in [2.75, 3.05) is 0 Å². The van der Waals surface area contributed by atoms with E-state index < -0.39 is 11.9 Å². The normalized spacial score (nSPS) is 14.5. The summed E-state index contributed by atoms with van der Waals surface area (Å²) in [7, 11) is 0. The SMILES string of the molecule is C[C@H](OCc1ccccc1)[C@@H](C)C(=O)O. The standard InChI is InChI=1S/C12H16O3/c1-9(12(13)14)10(2)15-8-11-6-4-3-5-7-11/h3-7,9-10H,8H2,1-2H3,(H,13,14)/t9-,10+/m1/s1. The topological polar surface area (TPSA) is 46.5 Å². The maximum Gasteiger partial charge on any atom is 0.308 e. The summed E-state index contributed by atoms with van der Waals surface area (Å²) in [6.45, 7) is 3.89. The van der Waals surface area contributed by atoms with Crippen molar-refractivity contribution in [3.8, 4) is 0 Å². The van der Waals surface area contributed by atoms with Crippen LogP contribution in [0.15, 0.2) is 30.3 Å². The number of aliphatic carboxylic acids is 1. The molecule has 0 aliphatic heterocycles. The van der Waals surface area contributed by atoms with Crippen molar-refractivity contribution in [3.63, 3.8) is 0 Å². The molecule has 0 aliphatic rings. The molecule has 0 aromatic heterocycles. The Labute approximate surface area is 89.7 Å². The van der Waals surface area contributed by atoms with Gasteiger partial charge < -0.3 is 9.84 Å². The van der Waals surface area contributed by atoms with Crippen LogP contribution < -0.4 is 0 Å². The molecule has 0 unspecified atom stereocenters. The van der Waals surface area contributed by atoms with Gasteiger partial charge in [0, 0.05) is 0 Å². The van der Waals surface area contributed by atoms with E-state index >= 15 is 0 Å². The Morgan fingerprint density at radius 3 is 2.47 bits per heavy atom. The van der Waals surface area contributed by atoms with E-state index in [1.54, 1.807) is 13.8 Å². The first-order chi connectivity index (χ1) is 7.11. The zero-order chi connectivity index (χ0) is 11.3. The highest BCUT2D eigenvalue weighted by atomic mass is 16.5. The summed E-state index contributed by atoms with van der Waals surface area (Å²) >= 11 is 0. The monoisotopic (exact) mass is 208 g/mol. The second-order valence-electron chi connectivity index (χ2n) is 3.63. The summed E-state index contributed by atoms with van der Waals surface area (Å²) in [5.74, 6) is -1.30. The molecular weight excluding hydrogens is 192 g/mol. The molecule has 0 spiro atoms. The summed E-state index contributed by atoms with van der Waals surface area (Å²) < 4.78 is 5.47. The molecule has 0 heterocycles. The fourth-order valence-electron chi connectivity index (χ4n) is 1.15. The Kier molecular flexibility index (Phi) is 4.31. The molecule has 2 atom stereocenters. The van der Waals surface area contributed by atoms with Crippen molar-refractivity contribution in [2.24, 2.45) is 5.92 Å². The van der Waals surface area contributed by atoms with Gasteiger partial charge in [0.25, 0.3) is 0 Å². The first-order valence-corrected chi connectivity index (χ1v) is 4.99. The third-order valence-corrected chi connectivity index (χ3v) is 2.45. The molecule has 1 aromatic rings. The zero-order valence-corrected chi connectivity index (χ0v) is 9.01. The predicted molar refractivity (Wildman–Crippen MR) is 57.5 cm³/mol. The van der Waals surface area contributed by atoms with Crippen molar-refractivity contribution in [2.45, 2.75) is 26.6 Å². The van der Waals surface area contributed by atoms with E-state index in [4.69, 9.17) is 9.84 Å². The van der Waals surface area contributed by atoms with Crippen LogP contribution in [0.2, 0.25) is 0 Å². The van der Waals surface area contributed by atoms with E-state index in [9.17, 15) is 4.79 Å². The third-order valence-electron chi connectivity index (χ3n) is 2.45. The number of carboxylic acids is 1. The van der Waals surface area contributed by atoms with Crippen LogP contribution in [0.1, 0.15) is 19.4 Å². The van der Waals surface area contributed by atoms with Crippen LogP contribution in [-0.4, -0.2) is 17.2 Å². The number of benzene rings is 1. The lowest BCUT2D eigenvalue weighted by atomic mass is 10.1. The van der Waals surface area contributed by atoms with Crippen LogP contribution in [0, 0.1) is 5.92 Å². The Bertz CT molecular complexity index is 308. The van der Waals surface area contributed by atoms with Gasteiger partial charge in [-0.2, -0.15) is 0 Å². The number of carboxylic acid groups (broad SMARTS) is 1. The largest absolute Gasteiger partial charge is 0.481 e. The molecule has 1 rings (SSSR count). The summed E-state index contributed by atoms with van der Waals surface area (Å²) in [5, 5.41) is 8.77. The van der Waals surface area contributed by atoms with Crippen molar-refractivity contribution in [1.29, 1.82) is 0 Å². The highest BCUT2D eigenvalue weighted by Crippen LogP contribution is 2.10. The Morgan fingerprint density at radius 2 is 1.93 bits per heavy atom. The molecule has 0 aliphatic carbocycles. The molecule has 1 aromatic carbocycles. The molecule has 3 heteroatoms. The van der Waals surface area contributed by atoms with E-state index in [1.807, 2.05) is 30.3 Å². The Hall–Kier alpha value is -1.35. The highest BCUT2D eigenvalue weighted by Gasteiger charge is 2.19. The molecule has 3 nitrogen and oxygen atoms in total. The van der Waals surface area contributed by atoms with Crippen molar-refractivity contribution < 1.29 is 14.6 Å². The van der Waals surface area contributed by atoms with E-state index in [2.05, 4.69) is 0 Å². The number of carbonyl (C=O) groups is 1. The highest BCUT2D eigenvalue weighted by molar-refractivity contribution is 5.70. The van der Waals surface area contributed by atoms with Crippen molar-refractivity contribution in [3.05, 3.63) is 35.9 Å². The van der Waals surface area contributed by atoms with E-state index in [1.165, 1.54) is 0 Å². The molecule has 0 radical (unpaired) electrons. The van der Waals surface area contributed by atoms with Crippen LogP contribution in [0.3, 0.4) is 0 Å². The summed E-state index contributed by atoms with van der Waals surface area (Å²) in [4.78, 5) is 10.7. The number of rotatable bonds is 5. The second-order valence-corrected chi connectivity index (χ2v) is 3.63. The molecule has 0 amide bonds. The molecule has 0 fully saturated rings. The maximum atomic E-state index is 10.7. The molecule has 1 N–H and O–H groups in total. The fraction of sp³-hybridized carbons (Fsp3) is 0.417. The van der Waals surface area contributed by atoms with E-state index in [-0.39, 0.29) is 6.10 Å². The first-order valence-electron chi connectivity index (χ1n) is 4.99. The van der Waals surface area contributed by atoms with Crippen LogP contribution in [0.25, 0.3) is 0 Å². The van der Waals surface area contributed by atoms with Gasteiger partial charge in [-0.3, -0.25) is 4.79 Å². The van der Waals surface area contributed by atoms with Gasteiger partial charge >= 0.3 is 5.97 Å². The van der Waals surface area contributed by atoms with Crippen LogP contribution >= 0.6 is 0 Å². The van der Waals surface area contributed by atoms with Crippen molar-refractivity contribution in [1.82, 2.24) is 0 Å². The van der Waals surface area contributed by atoms with Gasteiger partial charge in [0.2, 0.25) is 0 Å². The summed E-state index contributed by atoms with van der Waals surface area (Å²) in [6.07, 6.45) is -0.275. The molecule has 15 heavy (non-hydrogen) atoms.